The third kappa shape index (κ3) is 2.95. The number of nitrogens with zero attached hydrogens (tertiary/aromatic N) is 5. The van der Waals surface area contributed by atoms with Gasteiger partial charge < -0.3 is 4.52 Å². The Labute approximate surface area is 145 Å². The number of H-pyrrole nitrogens is 1. The Morgan fingerprint density at radius 1 is 1.20 bits per heavy atom. The van der Waals surface area contributed by atoms with Crippen LogP contribution in [0, 0.1) is 0 Å². The average Bonchev–Trinajstić information content (AvgIpc) is 3.05. The maximum absolute atomic E-state index is 5.51. The summed E-state index contributed by atoms with van der Waals surface area (Å²) in [5.41, 5.74) is 3.31. The highest BCUT2D eigenvalue weighted by atomic mass is 16.5. The molecule has 2 aliphatic rings. The van der Waals surface area contributed by atoms with Gasteiger partial charge in [0.15, 0.2) is 5.82 Å². The molecule has 2 fully saturated rings. The van der Waals surface area contributed by atoms with E-state index in [9.17, 15) is 0 Å². The molecule has 7 heteroatoms. The fraction of sp³-hybridized carbons (Fsp3) is 0.444. The summed E-state index contributed by atoms with van der Waals surface area (Å²) in [4.78, 5) is 11.2. The predicted molar refractivity (Wildman–Crippen MR) is 90.7 cm³/mol. The number of aromatic nitrogens is 5. The zero-order valence-electron chi connectivity index (χ0n) is 13.9. The smallest absolute Gasteiger partial charge is 0.231 e. The lowest BCUT2D eigenvalue weighted by atomic mass is 10.1. The van der Waals surface area contributed by atoms with Crippen LogP contribution in [0.25, 0.3) is 11.3 Å². The summed E-state index contributed by atoms with van der Waals surface area (Å²) in [6, 6.07) is 3.99. The van der Waals surface area contributed by atoms with Crippen LogP contribution in [0.1, 0.15) is 48.4 Å². The molecule has 4 heterocycles. The molecule has 25 heavy (non-hydrogen) atoms. The minimum Gasteiger partial charge on any atom is -0.339 e. The first kappa shape index (κ1) is 14.8. The highest BCUT2D eigenvalue weighted by molar-refractivity contribution is 5.61. The maximum Gasteiger partial charge on any atom is 0.231 e. The molecule has 0 spiro atoms. The van der Waals surface area contributed by atoms with Gasteiger partial charge in [0.05, 0.1) is 17.8 Å². The van der Waals surface area contributed by atoms with Crippen molar-refractivity contribution >= 4 is 0 Å². The molecule has 1 aliphatic heterocycles. The zero-order chi connectivity index (χ0) is 16.6. The molecule has 1 unspecified atom stereocenters. The van der Waals surface area contributed by atoms with E-state index in [0.29, 0.717) is 11.8 Å². The molecule has 7 nitrogen and oxygen atoms in total. The Morgan fingerprint density at radius 3 is 3.00 bits per heavy atom. The van der Waals surface area contributed by atoms with Crippen molar-refractivity contribution in [3.63, 3.8) is 0 Å². The molecule has 0 amide bonds. The molecule has 1 aliphatic carbocycles. The van der Waals surface area contributed by atoms with E-state index in [1.807, 2.05) is 18.5 Å². The van der Waals surface area contributed by atoms with E-state index in [1.165, 1.54) is 18.4 Å². The number of nitrogens with one attached hydrogen (secondary N) is 1. The van der Waals surface area contributed by atoms with Crippen LogP contribution in [-0.2, 0) is 6.54 Å². The van der Waals surface area contributed by atoms with E-state index in [1.54, 1.807) is 6.20 Å². The minimum atomic E-state index is 0.341. The molecule has 0 radical (unpaired) electrons. The number of hydrogen-bond donors (Lipinski definition) is 1. The van der Waals surface area contributed by atoms with Gasteiger partial charge in [-0.2, -0.15) is 10.1 Å². The molecule has 1 saturated heterocycles. The van der Waals surface area contributed by atoms with E-state index < -0.39 is 0 Å². The lowest BCUT2D eigenvalue weighted by Gasteiger charge is -2.15. The number of rotatable bonds is 5. The van der Waals surface area contributed by atoms with E-state index in [-0.39, 0.29) is 0 Å². The summed E-state index contributed by atoms with van der Waals surface area (Å²) in [6.07, 6.45) is 9.02. The van der Waals surface area contributed by atoms with Gasteiger partial charge >= 0.3 is 0 Å². The van der Waals surface area contributed by atoms with Gasteiger partial charge in [0.2, 0.25) is 5.89 Å². The van der Waals surface area contributed by atoms with Crippen molar-refractivity contribution in [2.24, 2.45) is 0 Å². The standard InChI is InChI=1S/C18H20N6O/c1-2-13(8-19-6-1)16-15(9-20-22-16)11-24-7-5-14(10-24)18-21-17(23-25-18)12-3-4-12/h1-2,6,8-9,12,14H,3-5,7,10-11H2,(H,20,22). The van der Waals surface area contributed by atoms with Crippen molar-refractivity contribution in [1.29, 1.82) is 0 Å². The van der Waals surface area contributed by atoms with Crippen molar-refractivity contribution in [3.05, 3.63) is 48.0 Å². The average molecular weight is 336 g/mol. The van der Waals surface area contributed by atoms with Crippen LogP contribution in [0.5, 0.6) is 0 Å². The van der Waals surface area contributed by atoms with Crippen molar-refractivity contribution < 1.29 is 4.52 Å². The monoisotopic (exact) mass is 336 g/mol. The molecular formula is C18H20N6O. The highest BCUT2D eigenvalue weighted by Crippen LogP contribution is 2.39. The molecule has 1 atom stereocenters. The Bertz CT molecular complexity index is 853. The van der Waals surface area contributed by atoms with Crippen molar-refractivity contribution in [3.8, 4) is 11.3 Å². The Morgan fingerprint density at radius 2 is 2.16 bits per heavy atom. The predicted octanol–water partition coefficient (Wildman–Crippen LogP) is 2.72. The number of likely N-dealkylation sites (tertiary alicyclic amines) is 1. The summed E-state index contributed by atoms with van der Waals surface area (Å²) in [5.74, 6) is 2.60. The van der Waals surface area contributed by atoms with E-state index in [2.05, 4.69) is 36.3 Å². The van der Waals surface area contributed by atoms with Crippen LogP contribution in [0.15, 0.2) is 35.2 Å². The van der Waals surface area contributed by atoms with Gasteiger partial charge in [-0.05, 0) is 37.9 Å². The Hall–Kier alpha value is -2.54. The van der Waals surface area contributed by atoms with Crippen molar-refractivity contribution in [2.75, 3.05) is 13.1 Å². The van der Waals surface area contributed by atoms with E-state index >= 15 is 0 Å². The lowest BCUT2D eigenvalue weighted by molar-refractivity contribution is 0.309. The summed E-state index contributed by atoms with van der Waals surface area (Å²) in [5, 5.41) is 11.5. The van der Waals surface area contributed by atoms with Gasteiger partial charge in [-0.1, -0.05) is 5.16 Å². The van der Waals surface area contributed by atoms with E-state index in [4.69, 9.17) is 4.52 Å². The summed E-state index contributed by atoms with van der Waals surface area (Å²) < 4.78 is 5.51. The van der Waals surface area contributed by atoms with Crippen LogP contribution in [0.4, 0.5) is 0 Å². The first-order valence-electron chi connectivity index (χ1n) is 8.85. The fourth-order valence-electron chi connectivity index (χ4n) is 3.53. The van der Waals surface area contributed by atoms with Gasteiger partial charge in [-0.25, -0.2) is 0 Å². The topological polar surface area (TPSA) is 83.7 Å². The lowest BCUT2D eigenvalue weighted by Crippen LogP contribution is -2.20. The first-order valence-corrected chi connectivity index (χ1v) is 8.85. The van der Waals surface area contributed by atoms with Gasteiger partial charge in [0.1, 0.15) is 0 Å². The van der Waals surface area contributed by atoms with Gasteiger partial charge in [-0.15, -0.1) is 0 Å². The summed E-state index contributed by atoms with van der Waals surface area (Å²) in [6.45, 7) is 2.84. The van der Waals surface area contributed by atoms with Crippen molar-refractivity contribution in [1.82, 2.24) is 30.2 Å². The number of pyridine rings is 1. The van der Waals surface area contributed by atoms with Crippen LogP contribution >= 0.6 is 0 Å². The minimum absolute atomic E-state index is 0.341. The molecule has 128 valence electrons. The summed E-state index contributed by atoms with van der Waals surface area (Å²) in [7, 11) is 0. The third-order valence-corrected chi connectivity index (χ3v) is 5.08. The number of hydrogen-bond acceptors (Lipinski definition) is 6. The molecule has 5 rings (SSSR count). The van der Waals surface area contributed by atoms with Crippen LogP contribution in [-0.4, -0.2) is 43.3 Å². The molecule has 1 N–H and O–H groups in total. The normalized spacial score (nSPS) is 21.0. The van der Waals surface area contributed by atoms with Gasteiger partial charge in [0, 0.05) is 42.5 Å². The Balaban J connectivity index is 1.27. The second kappa shape index (κ2) is 6.07. The fourth-order valence-corrected chi connectivity index (χ4v) is 3.53. The summed E-state index contributed by atoms with van der Waals surface area (Å²) >= 11 is 0. The Kier molecular flexibility index (Phi) is 3.59. The largest absolute Gasteiger partial charge is 0.339 e. The quantitative estimate of drug-likeness (QED) is 0.771. The molecule has 0 bridgehead atoms. The van der Waals surface area contributed by atoms with Crippen LogP contribution < -0.4 is 0 Å². The van der Waals surface area contributed by atoms with Gasteiger partial charge in [-0.3, -0.25) is 15.0 Å². The highest BCUT2D eigenvalue weighted by Gasteiger charge is 2.33. The second-order valence-electron chi connectivity index (χ2n) is 7.00. The number of aromatic amines is 1. The van der Waals surface area contributed by atoms with Crippen LogP contribution in [0.3, 0.4) is 0 Å². The second-order valence-corrected chi connectivity index (χ2v) is 7.00. The molecule has 3 aromatic rings. The maximum atomic E-state index is 5.51. The van der Waals surface area contributed by atoms with Crippen molar-refractivity contribution in [2.45, 2.75) is 37.6 Å². The molecule has 0 aromatic carbocycles. The third-order valence-electron chi connectivity index (χ3n) is 5.08. The van der Waals surface area contributed by atoms with Gasteiger partial charge in [0.25, 0.3) is 0 Å². The zero-order valence-corrected chi connectivity index (χ0v) is 13.9. The molecule has 1 saturated carbocycles. The van der Waals surface area contributed by atoms with E-state index in [0.717, 1.165) is 49.0 Å². The van der Waals surface area contributed by atoms with Crippen LogP contribution in [0.2, 0.25) is 0 Å². The molecule has 3 aromatic heterocycles. The molecular weight excluding hydrogens is 316 g/mol. The first-order chi connectivity index (χ1) is 12.4. The SMILES string of the molecule is c1cncc(-c2[nH]ncc2CN2CCC(c3nc(C4CC4)no3)C2)c1.